The molecule has 1 aromatic carbocycles. The van der Waals surface area contributed by atoms with Crippen molar-refractivity contribution in [3.05, 3.63) is 59.4 Å². The highest BCUT2D eigenvalue weighted by Gasteiger charge is 2.26. The minimum Gasteiger partial charge on any atom is -0.478 e. The molecule has 0 amide bonds. The Balaban J connectivity index is 1.47. The second-order valence-electron chi connectivity index (χ2n) is 6.87. The lowest BCUT2D eigenvalue weighted by atomic mass is 9.98. The highest BCUT2D eigenvalue weighted by atomic mass is 16.5. The van der Waals surface area contributed by atoms with E-state index in [1.165, 1.54) is 0 Å². The van der Waals surface area contributed by atoms with Crippen LogP contribution in [0.1, 0.15) is 46.6 Å². The van der Waals surface area contributed by atoms with E-state index in [-0.39, 0.29) is 11.5 Å². The summed E-state index contributed by atoms with van der Waals surface area (Å²) in [6.07, 6.45) is 2.09. The van der Waals surface area contributed by atoms with Crippen LogP contribution in [-0.2, 0) is 6.54 Å². The zero-order valence-corrected chi connectivity index (χ0v) is 15.1. The third kappa shape index (κ3) is 3.78. The number of furan rings is 1. The Morgan fingerprint density at radius 1 is 1.30 bits per heavy atom. The van der Waals surface area contributed by atoms with Crippen LogP contribution in [0.4, 0.5) is 0 Å². The van der Waals surface area contributed by atoms with Crippen LogP contribution in [0, 0.1) is 6.92 Å². The zero-order chi connectivity index (χ0) is 18.8. The van der Waals surface area contributed by atoms with Crippen molar-refractivity contribution < 1.29 is 18.8 Å². The van der Waals surface area contributed by atoms with Crippen LogP contribution in [-0.4, -0.2) is 39.2 Å². The van der Waals surface area contributed by atoms with Gasteiger partial charge in [-0.15, -0.1) is 0 Å². The van der Waals surface area contributed by atoms with Gasteiger partial charge >= 0.3 is 5.97 Å². The van der Waals surface area contributed by atoms with Crippen LogP contribution in [0.5, 0.6) is 0 Å². The number of hydrogen-bond acceptors (Lipinski definition) is 6. The quantitative estimate of drug-likeness (QED) is 0.734. The number of carbonyl (C=O) groups is 1. The summed E-state index contributed by atoms with van der Waals surface area (Å²) >= 11 is 0. The first kappa shape index (κ1) is 17.5. The molecule has 140 valence electrons. The maximum Gasteiger partial charge on any atom is 0.336 e. The van der Waals surface area contributed by atoms with Crippen LogP contribution >= 0.6 is 0 Å². The maximum absolute atomic E-state index is 11.4. The van der Waals surface area contributed by atoms with E-state index in [1.54, 1.807) is 18.2 Å². The summed E-state index contributed by atoms with van der Waals surface area (Å²) in [4.78, 5) is 18.1. The van der Waals surface area contributed by atoms with Crippen LogP contribution in [0.2, 0.25) is 0 Å². The lowest BCUT2D eigenvalue weighted by Gasteiger charge is -2.30. The molecule has 1 N–H and O–H groups in total. The van der Waals surface area contributed by atoms with E-state index in [4.69, 9.17) is 8.94 Å². The summed E-state index contributed by atoms with van der Waals surface area (Å²) in [5.41, 5.74) is 0.831. The van der Waals surface area contributed by atoms with Gasteiger partial charge in [0.05, 0.1) is 18.0 Å². The SMILES string of the molecule is Cc1noc([C@H]2CCCN(Cc3ccc(-c4ccccc4C(=O)O)o3)C2)n1. The first-order chi connectivity index (χ1) is 13.1. The largest absolute Gasteiger partial charge is 0.478 e. The molecule has 0 unspecified atom stereocenters. The average Bonchev–Trinajstić information content (AvgIpc) is 3.31. The highest BCUT2D eigenvalue weighted by molar-refractivity contribution is 5.95. The molecule has 2 aromatic heterocycles. The molecule has 7 nitrogen and oxygen atoms in total. The Morgan fingerprint density at radius 2 is 2.15 bits per heavy atom. The summed E-state index contributed by atoms with van der Waals surface area (Å²) in [6.45, 7) is 4.31. The first-order valence-electron chi connectivity index (χ1n) is 9.04. The van der Waals surface area contributed by atoms with Crippen molar-refractivity contribution in [2.45, 2.75) is 32.2 Å². The molecule has 3 heterocycles. The number of aromatic carboxylic acids is 1. The number of carboxylic acid groups (broad SMARTS) is 1. The van der Waals surface area contributed by atoms with Gasteiger partial charge in [-0.25, -0.2) is 4.79 Å². The molecule has 1 aliphatic heterocycles. The van der Waals surface area contributed by atoms with E-state index >= 15 is 0 Å². The first-order valence-corrected chi connectivity index (χ1v) is 9.04. The predicted molar refractivity (Wildman–Crippen MR) is 97.4 cm³/mol. The number of nitrogens with zero attached hydrogens (tertiary/aromatic N) is 3. The van der Waals surface area contributed by atoms with E-state index in [9.17, 15) is 9.90 Å². The molecular weight excluding hydrogens is 346 g/mol. The van der Waals surface area contributed by atoms with Gasteiger partial charge in [0.15, 0.2) is 5.82 Å². The minimum absolute atomic E-state index is 0.238. The number of aryl methyl sites for hydroxylation is 1. The molecule has 1 atom stereocenters. The number of piperidine rings is 1. The second kappa shape index (κ2) is 7.36. The van der Waals surface area contributed by atoms with E-state index < -0.39 is 5.97 Å². The molecule has 3 aromatic rings. The Bertz CT molecular complexity index is 946. The number of likely N-dealkylation sites (tertiary alicyclic amines) is 1. The smallest absolute Gasteiger partial charge is 0.336 e. The standard InChI is InChI=1S/C20H21N3O4/c1-13-21-19(27-22-13)14-5-4-10-23(11-14)12-15-8-9-18(26-15)16-6-2-3-7-17(16)20(24)25/h2-3,6-9,14H,4-5,10-12H2,1H3,(H,24,25)/t14-/m0/s1. The Hall–Kier alpha value is -2.93. The normalized spacial score (nSPS) is 17.9. The second-order valence-corrected chi connectivity index (χ2v) is 6.87. The zero-order valence-electron chi connectivity index (χ0n) is 15.1. The molecule has 1 saturated heterocycles. The predicted octanol–water partition coefficient (Wildman–Crippen LogP) is 3.72. The lowest BCUT2D eigenvalue weighted by Crippen LogP contribution is -2.33. The molecule has 0 spiro atoms. The third-order valence-corrected chi connectivity index (χ3v) is 4.86. The monoisotopic (exact) mass is 367 g/mol. The van der Waals surface area contributed by atoms with Gasteiger partial charge in [0.25, 0.3) is 0 Å². The number of benzene rings is 1. The number of carboxylic acids is 1. The van der Waals surface area contributed by atoms with E-state index in [2.05, 4.69) is 15.0 Å². The topological polar surface area (TPSA) is 92.6 Å². The summed E-state index contributed by atoms with van der Waals surface area (Å²) in [7, 11) is 0. The fourth-order valence-corrected chi connectivity index (χ4v) is 3.59. The van der Waals surface area contributed by atoms with Crippen LogP contribution in [0.15, 0.2) is 45.3 Å². The van der Waals surface area contributed by atoms with Gasteiger partial charge in [-0.05, 0) is 44.5 Å². The van der Waals surface area contributed by atoms with Gasteiger partial charge in [0, 0.05) is 12.1 Å². The van der Waals surface area contributed by atoms with Crippen molar-refractivity contribution in [2.75, 3.05) is 13.1 Å². The number of aromatic nitrogens is 2. The Labute approximate surface area is 156 Å². The third-order valence-electron chi connectivity index (χ3n) is 4.86. The van der Waals surface area contributed by atoms with Gasteiger partial charge in [-0.1, -0.05) is 23.4 Å². The average molecular weight is 367 g/mol. The van der Waals surface area contributed by atoms with Crippen molar-refractivity contribution in [3.63, 3.8) is 0 Å². The molecule has 0 bridgehead atoms. The Kier molecular flexibility index (Phi) is 4.77. The summed E-state index contributed by atoms with van der Waals surface area (Å²) in [6, 6.07) is 10.6. The summed E-state index contributed by atoms with van der Waals surface area (Å²) in [5.74, 6) is 2.03. The molecule has 1 fully saturated rings. The van der Waals surface area contributed by atoms with Gasteiger partial charge in [-0.2, -0.15) is 4.98 Å². The highest BCUT2D eigenvalue weighted by Crippen LogP contribution is 2.29. The molecule has 27 heavy (non-hydrogen) atoms. The van der Waals surface area contributed by atoms with Crippen molar-refractivity contribution >= 4 is 5.97 Å². The number of rotatable bonds is 5. The van der Waals surface area contributed by atoms with Gasteiger partial charge in [-0.3, -0.25) is 4.90 Å². The summed E-state index contributed by atoms with van der Waals surface area (Å²) in [5, 5.41) is 13.3. The molecule has 0 radical (unpaired) electrons. The Morgan fingerprint density at radius 3 is 2.93 bits per heavy atom. The van der Waals surface area contributed by atoms with Crippen LogP contribution < -0.4 is 0 Å². The molecule has 4 rings (SSSR count). The lowest BCUT2D eigenvalue weighted by molar-refractivity contribution is 0.0697. The van der Waals surface area contributed by atoms with E-state index in [0.29, 0.717) is 29.6 Å². The maximum atomic E-state index is 11.4. The fourth-order valence-electron chi connectivity index (χ4n) is 3.59. The summed E-state index contributed by atoms with van der Waals surface area (Å²) < 4.78 is 11.3. The van der Waals surface area contributed by atoms with Gasteiger partial charge in [0.1, 0.15) is 11.5 Å². The molecular formula is C20H21N3O4. The van der Waals surface area contributed by atoms with Crippen molar-refractivity contribution in [3.8, 4) is 11.3 Å². The van der Waals surface area contributed by atoms with Crippen molar-refractivity contribution in [2.24, 2.45) is 0 Å². The molecule has 1 aliphatic rings. The van der Waals surface area contributed by atoms with Crippen LogP contribution in [0.25, 0.3) is 11.3 Å². The van der Waals surface area contributed by atoms with Crippen molar-refractivity contribution in [1.29, 1.82) is 0 Å². The van der Waals surface area contributed by atoms with E-state index in [0.717, 1.165) is 31.7 Å². The molecule has 0 aliphatic carbocycles. The van der Waals surface area contributed by atoms with Gasteiger partial charge in [0.2, 0.25) is 5.89 Å². The van der Waals surface area contributed by atoms with Gasteiger partial charge < -0.3 is 14.0 Å². The minimum atomic E-state index is -0.961. The molecule has 0 saturated carbocycles. The van der Waals surface area contributed by atoms with E-state index in [1.807, 2.05) is 25.1 Å². The fraction of sp³-hybridized carbons (Fsp3) is 0.350. The van der Waals surface area contributed by atoms with Crippen LogP contribution in [0.3, 0.4) is 0 Å². The van der Waals surface area contributed by atoms with Crippen molar-refractivity contribution in [1.82, 2.24) is 15.0 Å². The molecule has 7 heteroatoms. The number of hydrogen-bond donors (Lipinski definition) is 1.